The van der Waals surface area contributed by atoms with Gasteiger partial charge in [0.15, 0.2) is 16.6 Å². The molecule has 0 bridgehead atoms. The molecule has 0 saturated carbocycles. The highest BCUT2D eigenvalue weighted by molar-refractivity contribution is 7.11. The van der Waals surface area contributed by atoms with Gasteiger partial charge in [0.05, 0.1) is 7.11 Å². The van der Waals surface area contributed by atoms with Crippen molar-refractivity contribution >= 4 is 22.4 Å². The molecule has 98 valence electrons. The van der Waals surface area contributed by atoms with Gasteiger partial charge in [0, 0.05) is 6.54 Å². The normalized spacial score (nSPS) is 11.5. The molecule has 0 atom stereocenters. The van der Waals surface area contributed by atoms with Gasteiger partial charge in [0.25, 0.3) is 0 Å². The van der Waals surface area contributed by atoms with E-state index in [1.165, 1.54) is 11.5 Å². The highest BCUT2D eigenvalue weighted by Crippen LogP contribution is 2.35. The molecule has 0 aromatic carbocycles. The molecule has 0 spiro atoms. The third-order valence-electron chi connectivity index (χ3n) is 3.09. The SMILES string of the molecule is COc1c(N)nsc1NCC(C(C)C)C(C)C. The predicted octanol–water partition coefficient (Wildman–Crippen LogP) is 3.07. The molecule has 5 heteroatoms. The van der Waals surface area contributed by atoms with Gasteiger partial charge in [-0.15, -0.1) is 0 Å². The van der Waals surface area contributed by atoms with Gasteiger partial charge in [-0.25, -0.2) is 0 Å². The maximum atomic E-state index is 5.71. The summed E-state index contributed by atoms with van der Waals surface area (Å²) in [5.41, 5.74) is 5.71. The summed E-state index contributed by atoms with van der Waals surface area (Å²) >= 11 is 1.36. The fraction of sp³-hybridized carbons (Fsp3) is 0.750. The molecule has 0 saturated heterocycles. The van der Waals surface area contributed by atoms with Crippen LogP contribution in [0, 0.1) is 17.8 Å². The summed E-state index contributed by atoms with van der Waals surface area (Å²) in [7, 11) is 1.62. The largest absolute Gasteiger partial charge is 0.490 e. The lowest BCUT2D eigenvalue weighted by Gasteiger charge is -2.25. The van der Waals surface area contributed by atoms with Crippen molar-refractivity contribution in [1.82, 2.24) is 4.37 Å². The highest BCUT2D eigenvalue weighted by atomic mass is 32.1. The molecular weight excluding hydrogens is 234 g/mol. The Morgan fingerprint density at radius 3 is 2.35 bits per heavy atom. The second-order valence-electron chi connectivity index (χ2n) is 4.96. The van der Waals surface area contributed by atoms with E-state index in [9.17, 15) is 0 Å². The van der Waals surface area contributed by atoms with Crippen LogP contribution in [0.3, 0.4) is 0 Å². The van der Waals surface area contributed by atoms with Crippen LogP contribution in [0.2, 0.25) is 0 Å². The topological polar surface area (TPSA) is 60.2 Å². The van der Waals surface area contributed by atoms with Gasteiger partial charge in [0.1, 0.15) is 0 Å². The number of anilines is 2. The molecule has 0 fully saturated rings. The summed E-state index contributed by atoms with van der Waals surface area (Å²) in [5, 5.41) is 4.33. The first-order valence-corrected chi connectivity index (χ1v) is 6.77. The van der Waals surface area contributed by atoms with Crippen LogP contribution in [0.5, 0.6) is 5.75 Å². The summed E-state index contributed by atoms with van der Waals surface area (Å²) in [4.78, 5) is 0. The zero-order valence-corrected chi connectivity index (χ0v) is 12.1. The molecule has 0 radical (unpaired) electrons. The van der Waals surface area contributed by atoms with Crippen molar-refractivity contribution in [2.24, 2.45) is 17.8 Å². The number of nitrogens with zero attached hydrogens (tertiary/aromatic N) is 1. The van der Waals surface area contributed by atoms with Gasteiger partial charge >= 0.3 is 0 Å². The Labute approximate surface area is 108 Å². The van der Waals surface area contributed by atoms with Gasteiger partial charge in [0.2, 0.25) is 0 Å². The number of hydrogen-bond acceptors (Lipinski definition) is 5. The molecule has 1 aromatic heterocycles. The molecule has 0 aliphatic heterocycles. The summed E-state index contributed by atoms with van der Waals surface area (Å²) in [6.45, 7) is 9.94. The minimum Gasteiger partial charge on any atom is -0.490 e. The van der Waals surface area contributed by atoms with E-state index in [4.69, 9.17) is 10.5 Å². The number of rotatable bonds is 6. The van der Waals surface area contributed by atoms with Gasteiger partial charge < -0.3 is 15.8 Å². The van der Waals surface area contributed by atoms with E-state index in [0.29, 0.717) is 29.3 Å². The number of nitrogen functional groups attached to an aromatic ring is 1. The Kier molecular flexibility index (Phi) is 5.05. The molecule has 1 aromatic rings. The third-order valence-corrected chi connectivity index (χ3v) is 3.89. The van der Waals surface area contributed by atoms with Crippen molar-refractivity contribution in [2.75, 3.05) is 24.7 Å². The molecule has 1 heterocycles. The molecule has 3 N–H and O–H groups in total. The van der Waals surface area contributed by atoms with E-state index < -0.39 is 0 Å². The number of nitrogens with two attached hydrogens (primary N) is 1. The first-order valence-electron chi connectivity index (χ1n) is 6.00. The summed E-state index contributed by atoms with van der Waals surface area (Å²) in [6, 6.07) is 0. The van der Waals surface area contributed by atoms with Crippen LogP contribution in [0.1, 0.15) is 27.7 Å². The first-order chi connectivity index (χ1) is 7.97. The average molecular weight is 257 g/mol. The maximum absolute atomic E-state index is 5.71. The lowest BCUT2D eigenvalue weighted by Crippen LogP contribution is -2.24. The maximum Gasteiger partial charge on any atom is 0.197 e. The zero-order valence-electron chi connectivity index (χ0n) is 11.3. The second-order valence-corrected chi connectivity index (χ2v) is 5.74. The van der Waals surface area contributed by atoms with Crippen LogP contribution in [0.4, 0.5) is 10.8 Å². The number of methoxy groups -OCH3 is 1. The fourth-order valence-corrected chi connectivity index (χ4v) is 2.75. The number of nitrogens with one attached hydrogen (secondary N) is 1. The minimum absolute atomic E-state index is 0.464. The average Bonchev–Trinajstić information content (AvgIpc) is 2.58. The number of aromatic nitrogens is 1. The van der Waals surface area contributed by atoms with Crippen molar-refractivity contribution in [3.8, 4) is 5.75 Å². The van der Waals surface area contributed by atoms with E-state index in [-0.39, 0.29) is 0 Å². The van der Waals surface area contributed by atoms with Gasteiger partial charge in [-0.2, -0.15) is 4.37 Å². The van der Waals surface area contributed by atoms with Gasteiger partial charge in [-0.05, 0) is 29.3 Å². The van der Waals surface area contributed by atoms with Gasteiger partial charge in [-0.3, -0.25) is 0 Å². The fourth-order valence-electron chi connectivity index (χ4n) is 2.06. The Balaban J connectivity index is 2.65. The molecule has 0 amide bonds. The monoisotopic (exact) mass is 257 g/mol. The zero-order chi connectivity index (χ0) is 13.0. The molecule has 4 nitrogen and oxygen atoms in total. The lowest BCUT2D eigenvalue weighted by molar-refractivity contribution is 0.304. The number of hydrogen-bond donors (Lipinski definition) is 2. The summed E-state index contributed by atoms with van der Waals surface area (Å²) < 4.78 is 9.32. The van der Waals surface area contributed by atoms with Crippen molar-refractivity contribution in [3.63, 3.8) is 0 Å². The van der Waals surface area contributed by atoms with Crippen LogP contribution in [0.15, 0.2) is 0 Å². The van der Waals surface area contributed by atoms with Crippen LogP contribution in [-0.4, -0.2) is 18.0 Å². The summed E-state index contributed by atoms with van der Waals surface area (Å²) in [6.07, 6.45) is 0. The van der Waals surface area contributed by atoms with Crippen molar-refractivity contribution in [1.29, 1.82) is 0 Å². The Morgan fingerprint density at radius 1 is 1.29 bits per heavy atom. The molecular formula is C12H23N3OS. The molecule has 0 aliphatic rings. The van der Waals surface area contributed by atoms with Crippen molar-refractivity contribution in [3.05, 3.63) is 0 Å². The van der Waals surface area contributed by atoms with Crippen LogP contribution < -0.4 is 15.8 Å². The predicted molar refractivity (Wildman–Crippen MR) is 74.7 cm³/mol. The Bertz CT molecular complexity index is 342. The number of ether oxygens (including phenoxy) is 1. The van der Waals surface area contributed by atoms with E-state index in [1.54, 1.807) is 7.11 Å². The van der Waals surface area contributed by atoms with Crippen LogP contribution >= 0.6 is 11.5 Å². The molecule has 17 heavy (non-hydrogen) atoms. The van der Waals surface area contributed by atoms with E-state index in [2.05, 4.69) is 37.4 Å². The molecule has 0 unspecified atom stereocenters. The Morgan fingerprint density at radius 2 is 1.88 bits per heavy atom. The molecule has 0 aliphatic carbocycles. The van der Waals surface area contributed by atoms with E-state index >= 15 is 0 Å². The highest BCUT2D eigenvalue weighted by Gasteiger charge is 2.19. The van der Waals surface area contributed by atoms with Crippen molar-refractivity contribution in [2.45, 2.75) is 27.7 Å². The van der Waals surface area contributed by atoms with Crippen molar-refractivity contribution < 1.29 is 4.74 Å². The van der Waals surface area contributed by atoms with Crippen LogP contribution in [0.25, 0.3) is 0 Å². The van der Waals surface area contributed by atoms with Gasteiger partial charge in [-0.1, -0.05) is 27.7 Å². The van der Waals surface area contributed by atoms with E-state index in [0.717, 1.165) is 11.5 Å². The first kappa shape index (κ1) is 14.1. The second kappa shape index (κ2) is 6.10. The summed E-state index contributed by atoms with van der Waals surface area (Å²) in [5.74, 6) is 3.06. The minimum atomic E-state index is 0.464. The van der Waals surface area contributed by atoms with E-state index in [1.807, 2.05) is 0 Å². The molecule has 1 rings (SSSR count). The smallest absolute Gasteiger partial charge is 0.197 e. The standard InChI is InChI=1S/C12H23N3OS/c1-7(2)9(8(3)4)6-14-12-10(16-5)11(13)15-17-12/h7-9,14H,6H2,1-5H3,(H2,13,15). The lowest BCUT2D eigenvalue weighted by atomic mass is 9.85. The quantitative estimate of drug-likeness (QED) is 0.822. The third kappa shape index (κ3) is 3.49. The van der Waals surface area contributed by atoms with Crippen LogP contribution in [-0.2, 0) is 0 Å². The Hall–Kier alpha value is -0.970.